The number of rotatable bonds is 3. The number of nitrogens with zero attached hydrogens (tertiary/aromatic N) is 1. The molecule has 21 heavy (non-hydrogen) atoms. The van der Waals surface area contributed by atoms with Gasteiger partial charge in [-0.1, -0.05) is 24.3 Å². The zero-order valence-electron chi connectivity index (χ0n) is 11.5. The van der Waals surface area contributed by atoms with Crippen molar-refractivity contribution >= 4 is 28.8 Å². The first-order valence-electron chi connectivity index (χ1n) is 6.60. The molecule has 104 valence electrons. The largest absolute Gasteiger partial charge is 0.478 e. The van der Waals surface area contributed by atoms with Crippen molar-refractivity contribution in [3.8, 4) is 0 Å². The highest BCUT2D eigenvalue weighted by Gasteiger charge is 2.06. The van der Waals surface area contributed by atoms with E-state index in [0.717, 1.165) is 22.2 Å². The van der Waals surface area contributed by atoms with Crippen molar-refractivity contribution in [2.24, 2.45) is 4.99 Å². The Kier molecular flexibility index (Phi) is 3.28. The summed E-state index contributed by atoms with van der Waals surface area (Å²) in [6.07, 6.45) is 1.77. The maximum atomic E-state index is 11.0. The van der Waals surface area contributed by atoms with Gasteiger partial charge in [-0.3, -0.25) is 4.99 Å². The molecular weight excluding hydrogens is 264 g/mol. The minimum absolute atomic E-state index is 0.236. The van der Waals surface area contributed by atoms with Crippen molar-refractivity contribution in [1.29, 1.82) is 0 Å². The van der Waals surface area contributed by atoms with Crippen LogP contribution in [0.25, 0.3) is 10.9 Å². The van der Waals surface area contributed by atoms with Gasteiger partial charge in [0.05, 0.1) is 11.3 Å². The first-order valence-corrected chi connectivity index (χ1v) is 6.60. The Hall–Kier alpha value is -2.88. The standard InChI is InChI=1S/C17H14N2O2/c1-11-15(14-7-2-3-8-16(14)19-11)10-18-13-6-4-5-12(9-13)17(20)21/h2-10,19H,1H3,(H,20,21). The number of nitrogens with one attached hydrogen (secondary N) is 1. The number of carboxylic acid groups (broad SMARTS) is 1. The number of carboxylic acids is 1. The smallest absolute Gasteiger partial charge is 0.335 e. The van der Waals surface area contributed by atoms with Gasteiger partial charge in [0.2, 0.25) is 0 Å². The van der Waals surface area contributed by atoms with Crippen LogP contribution in [0.3, 0.4) is 0 Å². The predicted molar refractivity (Wildman–Crippen MR) is 83.7 cm³/mol. The average molecular weight is 278 g/mol. The zero-order chi connectivity index (χ0) is 14.8. The maximum Gasteiger partial charge on any atom is 0.335 e. The summed E-state index contributed by atoms with van der Waals surface area (Å²) in [6.45, 7) is 2.00. The predicted octanol–water partition coefficient (Wildman–Crippen LogP) is 3.93. The highest BCUT2D eigenvalue weighted by atomic mass is 16.4. The summed E-state index contributed by atoms with van der Waals surface area (Å²) in [5.41, 5.74) is 3.98. The summed E-state index contributed by atoms with van der Waals surface area (Å²) in [4.78, 5) is 18.7. The number of hydrogen-bond donors (Lipinski definition) is 2. The second kappa shape index (κ2) is 5.25. The van der Waals surface area contributed by atoms with Crippen molar-refractivity contribution in [3.05, 3.63) is 65.4 Å². The summed E-state index contributed by atoms with van der Waals surface area (Å²) in [7, 11) is 0. The molecule has 2 aromatic carbocycles. The molecular formula is C17H14N2O2. The van der Waals surface area contributed by atoms with Crippen molar-refractivity contribution < 1.29 is 9.90 Å². The third-order valence-corrected chi connectivity index (χ3v) is 3.38. The van der Waals surface area contributed by atoms with Crippen LogP contribution in [0.1, 0.15) is 21.6 Å². The number of aromatic amines is 1. The lowest BCUT2D eigenvalue weighted by Crippen LogP contribution is -1.94. The molecule has 0 aliphatic rings. The van der Waals surface area contributed by atoms with Gasteiger partial charge in [-0.15, -0.1) is 0 Å². The Labute approximate surface area is 121 Å². The number of para-hydroxylation sites is 1. The van der Waals surface area contributed by atoms with Crippen LogP contribution in [0.15, 0.2) is 53.5 Å². The fraction of sp³-hybridized carbons (Fsp3) is 0.0588. The number of aliphatic imine (C=N–C) groups is 1. The SMILES string of the molecule is Cc1[nH]c2ccccc2c1C=Nc1cccc(C(=O)O)c1. The quantitative estimate of drug-likeness (QED) is 0.713. The van der Waals surface area contributed by atoms with Gasteiger partial charge in [0.1, 0.15) is 0 Å². The van der Waals surface area contributed by atoms with E-state index in [0.29, 0.717) is 5.69 Å². The van der Waals surface area contributed by atoms with Gasteiger partial charge in [0, 0.05) is 28.4 Å². The Balaban J connectivity index is 2.00. The van der Waals surface area contributed by atoms with Crippen LogP contribution in [-0.2, 0) is 0 Å². The van der Waals surface area contributed by atoms with Crippen molar-refractivity contribution in [2.75, 3.05) is 0 Å². The third-order valence-electron chi connectivity index (χ3n) is 3.38. The van der Waals surface area contributed by atoms with Crippen molar-refractivity contribution in [1.82, 2.24) is 4.98 Å². The van der Waals surface area contributed by atoms with E-state index in [9.17, 15) is 4.79 Å². The van der Waals surface area contributed by atoms with Crippen LogP contribution in [-0.4, -0.2) is 22.3 Å². The van der Waals surface area contributed by atoms with E-state index in [-0.39, 0.29) is 5.56 Å². The minimum atomic E-state index is -0.949. The van der Waals surface area contributed by atoms with E-state index in [1.165, 1.54) is 0 Å². The molecule has 0 aliphatic carbocycles. The minimum Gasteiger partial charge on any atom is -0.478 e. The van der Waals surface area contributed by atoms with Crippen molar-refractivity contribution in [3.63, 3.8) is 0 Å². The van der Waals surface area contributed by atoms with Crippen LogP contribution >= 0.6 is 0 Å². The van der Waals surface area contributed by atoms with E-state index in [1.54, 1.807) is 30.5 Å². The highest BCUT2D eigenvalue weighted by Crippen LogP contribution is 2.21. The molecule has 3 rings (SSSR count). The van der Waals surface area contributed by atoms with E-state index in [1.807, 2.05) is 31.2 Å². The molecule has 1 aromatic heterocycles. The first kappa shape index (κ1) is 13.1. The highest BCUT2D eigenvalue weighted by molar-refractivity contribution is 6.01. The molecule has 0 saturated carbocycles. The molecule has 0 amide bonds. The van der Waals surface area contributed by atoms with Gasteiger partial charge < -0.3 is 10.1 Å². The van der Waals surface area contributed by atoms with Gasteiger partial charge in [0.25, 0.3) is 0 Å². The van der Waals surface area contributed by atoms with Gasteiger partial charge in [-0.2, -0.15) is 0 Å². The second-order valence-electron chi connectivity index (χ2n) is 4.82. The van der Waals surface area contributed by atoms with Gasteiger partial charge >= 0.3 is 5.97 Å². The molecule has 0 saturated heterocycles. The monoisotopic (exact) mass is 278 g/mol. The molecule has 0 spiro atoms. The molecule has 1 heterocycles. The molecule has 3 aromatic rings. The van der Waals surface area contributed by atoms with Gasteiger partial charge in [-0.25, -0.2) is 4.79 Å². The number of aromatic nitrogens is 1. The number of aromatic carboxylic acids is 1. The van der Waals surface area contributed by atoms with E-state index >= 15 is 0 Å². The molecule has 0 atom stereocenters. The lowest BCUT2D eigenvalue weighted by molar-refractivity contribution is 0.0697. The topological polar surface area (TPSA) is 65.5 Å². The van der Waals surface area contributed by atoms with Crippen LogP contribution in [0.4, 0.5) is 5.69 Å². The Morgan fingerprint density at radius 2 is 2.00 bits per heavy atom. The van der Waals surface area contributed by atoms with E-state index in [4.69, 9.17) is 5.11 Å². The molecule has 0 radical (unpaired) electrons. The van der Waals surface area contributed by atoms with Gasteiger partial charge in [0.15, 0.2) is 0 Å². The fourth-order valence-corrected chi connectivity index (χ4v) is 2.32. The van der Waals surface area contributed by atoms with Crippen LogP contribution in [0, 0.1) is 6.92 Å². The summed E-state index contributed by atoms with van der Waals surface area (Å²) >= 11 is 0. The second-order valence-corrected chi connectivity index (χ2v) is 4.82. The normalized spacial score (nSPS) is 11.3. The van der Waals surface area contributed by atoms with Crippen LogP contribution in [0.5, 0.6) is 0 Å². The Morgan fingerprint density at radius 3 is 2.81 bits per heavy atom. The van der Waals surface area contributed by atoms with E-state index in [2.05, 4.69) is 9.98 Å². The maximum absolute atomic E-state index is 11.0. The number of hydrogen-bond acceptors (Lipinski definition) is 2. The summed E-state index contributed by atoms with van der Waals surface area (Å²) in [5, 5.41) is 10.1. The average Bonchev–Trinajstić information content (AvgIpc) is 2.81. The van der Waals surface area contributed by atoms with Gasteiger partial charge in [-0.05, 0) is 31.2 Å². The van der Waals surface area contributed by atoms with Crippen LogP contribution in [0.2, 0.25) is 0 Å². The lowest BCUT2D eigenvalue weighted by Gasteiger charge is -1.97. The number of aryl methyl sites for hydroxylation is 1. The summed E-state index contributed by atoms with van der Waals surface area (Å²) < 4.78 is 0. The fourth-order valence-electron chi connectivity index (χ4n) is 2.32. The Morgan fingerprint density at radius 1 is 1.19 bits per heavy atom. The van der Waals surface area contributed by atoms with E-state index < -0.39 is 5.97 Å². The molecule has 4 heteroatoms. The molecule has 2 N–H and O–H groups in total. The van der Waals surface area contributed by atoms with Crippen LogP contribution < -0.4 is 0 Å². The molecule has 0 fully saturated rings. The third kappa shape index (κ3) is 2.56. The number of fused-ring (bicyclic) bond motifs is 1. The molecule has 0 aliphatic heterocycles. The first-order chi connectivity index (χ1) is 10.1. The lowest BCUT2D eigenvalue weighted by atomic mass is 10.1. The molecule has 0 unspecified atom stereocenters. The Bertz CT molecular complexity index is 847. The molecule has 0 bridgehead atoms. The number of H-pyrrole nitrogens is 1. The van der Waals surface area contributed by atoms with Crippen molar-refractivity contribution in [2.45, 2.75) is 6.92 Å². The number of carbonyl (C=O) groups is 1. The number of benzene rings is 2. The molecule has 4 nitrogen and oxygen atoms in total. The summed E-state index contributed by atoms with van der Waals surface area (Å²) in [6, 6.07) is 14.6. The summed E-state index contributed by atoms with van der Waals surface area (Å²) in [5.74, 6) is -0.949. The zero-order valence-corrected chi connectivity index (χ0v) is 11.5.